The summed E-state index contributed by atoms with van der Waals surface area (Å²) < 4.78 is 16.5. The van der Waals surface area contributed by atoms with E-state index in [2.05, 4.69) is 69.4 Å². The lowest BCUT2D eigenvalue weighted by molar-refractivity contribution is -0.166. The third-order valence-electron chi connectivity index (χ3n) is 10.8. The van der Waals surface area contributed by atoms with Crippen LogP contribution in [0, 0.1) is 0 Å². The highest BCUT2D eigenvalue weighted by atomic mass is 16.6. The van der Waals surface area contributed by atoms with Crippen LogP contribution in [0.25, 0.3) is 0 Å². The van der Waals surface area contributed by atoms with Crippen LogP contribution >= 0.6 is 0 Å². The normalized spacial score (nSPS) is 12.5. The van der Waals surface area contributed by atoms with E-state index in [9.17, 15) is 14.4 Å². The first-order valence-corrected chi connectivity index (χ1v) is 25.3. The van der Waals surface area contributed by atoms with Gasteiger partial charge in [-0.2, -0.15) is 0 Å². The van der Waals surface area contributed by atoms with Crippen molar-refractivity contribution in [2.45, 2.75) is 252 Å². The fraction of sp³-hybridized carbons (Fsp3) is 0.759. The molecular weight excluding hydrogens is 745 g/mol. The van der Waals surface area contributed by atoms with Gasteiger partial charge in [0.05, 0.1) is 6.42 Å². The largest absolute Gasteiger partial charge is 0.462 e. The highest BCUT2D eigenvalue weighted by molar-refractivity contribution is 5.72. The molecule has 0 amide bonds. The molecule has 346 valence electrons. The van der Waals surface area contributed by atoms with Gasteiger partial charge in [-0.25, -0.2) is 0 Å². The molecule has 0 rings (SSSR count). The second kappa shape index (κ2) is 48.8. The molecule has 0 aromatic rings. The first kappa shape index (κ1) is 57.1. The zero-order valence-electron chi connectivity index (χ0n) is 39.5. The molecule has 0 spiro atoms. The summed E-state index contributed by atoms with van der Waals surface area (Å²) in [6.07, 6.45) is 60.0. The summed E-state index contributed by atoms with van der Waals surface area (Å²) >= 11 is 0. The molecule has 0 bridgehead atoms. The molecule has 0 heterocycles. The molecule has 6 nitrogen and oxygen atoms in total. The van der Waals surface area contributed by atoms with E-state index in [1.165, 1.54) is 122 Å². The summed E-state index contributed by atoms with van der Waals surface area (Å²) in [4.78, 5) is 37.5. The minimum absolute atomic E-state index is 0.100. The van der Waals surface area contributed by atoms with Gasteiger partial charge in [0.2, 0.25) is 0 Å². The zero-order chi connectivity index (χ0) is 43.7. The standard InChI is InChI=1S/C54H94O6/c1-4-7-10-13-15-17-19-21-23-24-25-26-27-28-29-31-32-34-36-38-41-44-47-53(56)59-50-51(49-58-52(55)46-43-40-12-9-6-3)60-54(57)48-45-42-39-37-35-33-30-22-20-18-16-14-11-8-5-2/h8,11,16,18,22,30,35,37,42,45,51H,4-7,9-10,12-15,17,19-21,23-29,31-34,36,38-41,43-44,46-50H2,1-3H3/b11-8-,18-16-,30-22-,37-35-,45-42-. The van der Waals surface area contributed by atoms with Gasteiger partial charge >= 0.3 is 17.9 Å². The summed E-state index contributed by atoms with van der Waals surface area (Å²) in [6, 6.07) is 0. The lowest BCUT2D eigenvalue weighted by Gasteiger charge is -2.18. The van der Waals surface area contributed by atoms with Gasteiger partial charge in [-0.3, -0.25) is 14.4 Å². The fourth-order valence-corrected chi connectivity index (χ4v) is 7.05. The van der Waals surface area contributed by atoms with Crippen LogP contribution in [0.4, 0.5) is 0 Å². The lowest BCUT2D eigenvalue weighted by Crippen LogP contribution is -2.30. The van der Waals surface area contributed by atoms with E-state index in [4.69, 9.17) is 14.2 Å². The quantitative estimate of drug-likeness (QED) is 0.0263. The van der Waals surface area contributed by atoms with Gasteiger partial charge in [-0.15, -0.1) is 0 Å². The number of hydrogen-bond acceptors (Lipinski definition) is 6. The molecule has 0 aliphatic carbocycles. The minimum atomic E-state index is -0.822. The molecule has 0 aliphatic heterocycles. The Bertz CT molecular complexity index is 1100. The first-order chi connectivity index (χ1) is 29.5. The molecule has 0 aromatic heterocycles. The van der Waals surface area contributed by atoms with E-state index >= 15 is 0 Å². The van der Waals surface area contributed by atoms with E-state index in [0.29, 0.717) is 12.8 Å². The van der Waals surface area contributed by atoms with Crippen molar-refractivity contribution in [3.63, 3.8) is 0 Å². The number of ether oxygens (including phenoxy) is 3. The van der Waals surface area contributed by atoms with Crippen molar-refractivity contribution in [2.75, 3.05) is 13.2 Å². The molecule has 1 unspecified atom stereocenters. The fourth-order valence-electron chi connectivity index (χ4n) is 7.05. The van der Waals surface area contributed by atoms with Crippen molar-refractivity contribution < 1.29 is 28.6 Å². The Morgan fingerprint density at radius 3 is 0.950 bits per heavy atom. The van der Waals surface area contributed by atoms with Crippen LogP contribution in [0.1, 0.15) is 245 Å². The second-order valence-electron chi connectivity index (χ2n) is 16.7. The number of carbonyl (C=O) groups excluding carboxylic acids is 3. The molecule has 0 aliphatic rings. The Morgan fingerprint density at radius 1 is 0.350 bits per heavy atom. The van der Waals surface area contributed by atoms with Crippen molar-refractivity contribution in [2.24, 2.45) is 0 Å². The molecule has 0 aromatic carbocycles. The molecule has 0 saturated carbocycles. The number of rotatable bonds is 45. The maximum atomic E-state index is 12.6. The lowest BCUT2D eigenvalue weighted by atomic mass is 10.0. The predicted molar refractivity (Wildman–Crippen MR) is 256 cm³/mol. The summed E-state index contributed by atoms with van der Waals surface area (Å²) in [6.45, 7) is 6.36. The number of allylic oxidation sites excluding steroid dienone is 9. The molecule has 1 atom stereocenters. The topological polar surface area (TPSA) is 78.9 Å². The number of esters is 3. The average Bonchev–Trinajstić information content (AvgIpc) is 3.24. The monoisotopic (exact) mass is 839 g/mol. The van der Waals surface area contributed by atoms with Crippen LogP contribution in [0.2, 0.25) is 0 Å². The average molecular weight is 839 g/mol. The Hall–Kier alpha value is -2.89. The molecule has 0 N–H and O–H groups in total. The van der Waals surface area contributed by atoms with Crippen molar-refractivity contribution in [1.29, 1.82) is 0 Å². The summed E-state index contributed by atoms with van der Waals surface area (Å²) in [5.74, 6) is -1.05. The van der Waals surface area contributed by atoms with E-state index in [-0.39, 0.29) is 31.6 Å². The zero-order valence-corrected chi connectivity index (χ0v) is 39.5. The van der Waals surface area contributed by atoms with Crippen LogP contribution in [0.3, 0.4) is 0 Å². The van der Waals surface area contributed by atoms with Gasteiger partial charge in [-0.1, -0.05) is 242 Å². The summed E-state index contributed by atoms with van der Waals surface area (Å²) in [5.41, 5.74) is 0. The maximum absolute atomic E-state index is 12.6. The number of unbranched alkanes of at least 4 members (excludes halogenated alkanes) is 25. The minimum Gasteiger partial charge on any atom is -0.462 e. The van der Waals surface area contributed by atoms with Crippen LogP contribution in [0.15, 0.2) is 60.8 Å². The van der Waals surface area contributed by atoms with Crippen LogP contribution in [-0.4, -0.2) is 37.2 Å². The molecule has 0 fully saturated rings. The van der Waals surface area contributed by atoms with E-state index in [0.717, 1.165) is 83.5 Å². The van der Waals surface area contributed by atoms with Gasteiger partial charge in [0, 0.05) is 12.8 Å². The van der Waals surface area contributed by atoms with Crippen molar-refractivity contribution in [3.8, 4) is 0 Å². The Kier molecular flexibility index (Phi) is 46.4. The van der Waals surface area contributed by atoms with E-state index in [1.54, 1.807) is 6.08 Å². The molecule has 0 radical (unpaired) electrons. The highest BCUT2D eigenvalue weighted by Crippen LogP contribution is 2.16. The van der Waals surface area contributed by atoms with Crippen molar-refractivity contribution in [1.82, 2.24) is 0 Å². The number of carbonyl (C=O) groups is 3. The van der Waals surface area contributed by atoms with Gasteiger partial charge < -0.3 is 14.2 Å². The van der Waals surface area contributed by atoms with Crippen LogP contribution < -0.4 is 0 Å². The van der Waals surface area contributed by atoms with Crippen LogP contribution in [0.5, 0.6) is 0 Å². The van der Waals surface area contributed by atoms with E-state index in [1.807, 2.05) is 6.08 Å². The second-order valence-corrected chi connectivity index (χ2v) is 16.7. The summed E-state index contributed by atoms with van der Waals surface area (Å²) in [7, 11) is 0. The Balaban J connectivity index is 4.19. The maximum Gasteiger partial charge on any atom is 0.310 e. The molecular formula is C54H94O6. The number of hydrogen-bond donors (Lipinski definition) is 0. The van der Waals surface area contributed by atoms with Gasteiger partial charge in [0.15, 0.2) is 6.10 Å². The Labute approximate surface area is 370 Å². The summed E-state index contributed by atoms with van der Waals surface area (Å²) in [5, 5.41) is 0. The molecule has 6 heteroatoms. The van der Waals surface area contributed by atoms with Crippen molar-refractivity contribution in [3.05, 3.63) is 60.8 Å². The SMILES string of the molecule is CC/C=C\C/C=C\C/C=C\C/C=C\C/C=C\CC(=O)OC(COC(=O)CCCCCCC)COC(=O)CCCCCCCCCCCCCCCCCCCCCCCC. The van der Waals surface area contributed by atoms with Crippen molar-refractivity contribution >= 4 is 17.9 Å². The predicted octanol–water partition coefficient (Wildman–Crippen LogP) is 16.5. The molecule has 0 saturated heterocycles. The molecule has 60 heavy (non-hydrogen) atoms. The third-order valence-corrected chi connectivity index (χ3v) is 10.8. The van der Waals surface area contributed by atoms with E-state index < -0.39 is 12.1 Å². The van der Waals surface area contributed by atoms with Gasteiger partial charge in [-0.05, 0) is 44.9 Å². The third kappa shape index (κ3) is 46.2. The first-order valence-electron chi connectivity index (χ1n) is 25.3. The van der Waals surface area contributed by atoms with Gasteiger partial charge in [0.1, 0.15) is 13.2 Å². The van der Waals surface area contributed by atoms with Gasteiger partial charge in [0.25, 0.3) is 0 Å². The van der Waals surface area contributed by atoms with Crippen LogP contribution in [-0.2, 0) is 28.6 Å². The Morgan fingerprint density at radius 2 is 0.633 bits per heavy atom. The smallest absolute Gasteiger partial charge is 0.310 e. The highest BCUT2D eigenvalue weighted by Gasteiger charge is 2.19.